The molecule has 0 aliphatic heterocycles. The van der Waals surface area contributed by atoms with Crippen LogP contribution in [0.1, 0.15) is 21.5 Å². The largest absolute Gasteiger partial charge is 0.478 e. The fourth-order valence-corrected chi connectivity index (χ4v) is 3.08. The molecule has 4 rings (SSSR count). The SMILES string of the molecule is O=C(O)c1ccc2c(c1)-c1c(ccc3ccccc13)C2. The fraction of sp³-hybridized carbons (Fsp3) is 0.0556. The van der Waals surface area contributed by atoms with Gasteiger partial charge in [-0.2, -0.15) is 0 Å². The standard InChI is InChI=1S/C18H12O2/c19-18(20)14-8-6-12-9-13-7-5-11-3-1-2-4-15(11)17(13)16(12)10-14/h1-8,10H,9H2,(H,19,20). The third-order valence-corrected chi connectivity index (χ3v) is 4.02. The van der Waals surface area contributed by atoms with Crippen LogP contribution in [0.25, 0.3) is 21.9 Å². The number of rotatable bonds is 1. The second kappa shape index (κ2) is 3.94. The van der Waals surface area contributed by atoms with Gasteiger partial charge in [-0.1, -0.05) is 42.5 Å². The molecule has 96 valence electrons. The number of carbonyl (C=O) groups is 1. The molecule has 0 bridgehead atoms. The Hall–Kier alpha value is -2.61. The van der Waals surface area contributed by atoms with Crippen molar-refractivity contribution in [2.24, 2.45) is 0 Å². The van der Waals surface area contributed by atoms with E-state index < -0.39 is 5.97 Å². The third-order valence-electron chi connectivity index (χ3n) is 4.02. The minimum absolute atomic E-state index is 0.351. The molecule has 0 atom stereocenters. The summed E-state index contributed by atoms with van der Waals surface area (Å²) in [5, 5.41) is 11.6. The second-order valence-electron chi connectivity index (χ2n) is 5.17. The number of carboxylic acids is 1. The van der Waals surface area contributed by atoms with Crippen molar-refractivity contribution >= 4 is 16.7 Å². The van der Waals surface area contributed by atoms with Crippen molar-refractivity contribution in [2.75, 3.05) is 0 Å². The van der Waals surface area contributed by atoms with E-state index in [1.165, 1.54) is 27.5 Å². The second-order valence-corrected chi connectivity index (χ2v) is 5.17. The summed E-state index contributed by atoms with van der Waals surface area (Å²) in [6, 6.07) is 18.0. The van der Waals surface area contributed by atoms with E-state index in [2.05, 4.69) is 24.3 Å². The van der Waals surface area contributed by atoms with Crippen molar-refractivity contribution in [2.45, 2.75) is 6.42 Å². The molecule has 0 fully saturated rings. The lowest BCUT2D eigenvalue weighted by Gasteiger charge is -2.07. The van der Waals surface area contributed by atoms with Crippen molar-refractivity contribution in [3.05, 3.63) is 71.3 Å². The number of aromatic carboxylic acids is 1. The van der Waals surface area contributed by atoms with Gasteiger partial charge in [-0.3, -0.25) is 0 Å². The Kier molecular flexibility index (Phi) is 2.21. The summed E-state index contributed by atoms with van der Waals surface area (Å²) in [6.45, 7) is 0. The number of hydrogen-bond acceptors (Lipinski definition) is 1. The number of fused-ring (bicyclic) bond motifs is 5. The van der Waals surface area contributed by atoms with Crippen LogP contribution in [-0.4, -0.2) is 11.1 Å². The Bertz CT molecular complexity index is 862. The van der Waals surface area contributed by atoms with Crippen LogP contribution < -0.4 is 0 Å². The molecule has 3 aromatic carbocycles. The van der Waals surface area contributed by atoms with E-state index in [0.717, 1.165) is 12.0 Å². The number of benzene rings is 3. The van der Waals surface area contributed by atoms with E-state index in [9.17, 15) is 9.90 Å². The van der Waals surface area contributed by atoms with Crippen LogP contribution >= 0.6 is 0 Å². The van der Waals surface area contributed by atoms with Gasteiger partial charge in [0, 0.05) is 0 Å². The monoisotopic (exact) mass is 260 g/mol. The molecule has 0 radical (unpaired) electrons. The topological polar surface area (TPSA) is 37.3 Å². The molecular weight excluding hydrogens is 248 g/mol. The summed E-state index contributed by atoms with van der Waals surface area (Å²) in [6.07, 6.45) is 0.884. The molecule has 0 spiro atoms. The summed E-state index contributed by atoms with van der Waals surface area (Å²) < 4.78 is 0. The van der Waals surface area contributed by atoms with E-state index in [1.54, 1.807) is 12.1 Å². The maximum Gasteiger partial charge on any atom is 0.335 e. The Morgan fingerprint density at radius 1 is 0.950 bits per heavy atom. The van der Waals surface area contributed by atoms with Crippen LogP contribution in [0.15, 0.2) is 54.6 Å². The first-order valence-electron chi connectivity index (χ1n) is 6.61. The van der Waals surface area contributed by atoms with Gasteiger partial charge in [0.2, 0.25) is 0 Å². The van der Waals surface area contributed by atoms with E-state index in [4.69, 9.17) is 0 Å². The lowest BCUT2D eigenvalue weighted by atomic mass is 9.97. The predicted octanol–water partition coefficient (Wildman–Crippen LogP) is 4.11. The third kappa shape index (κ3) is 1.48. The van der Waals surface area contributed by atoms with Gasteiger partial charge in [0.05, 0.1) is 5.56 Å². The van der Waals surface area contributed by atoms with E-state index in [1.807, 2.05) is 18.2 Å². The van der Waals surface area contributed by atoms with Crippen LogP contribution in [-0.2, 0) is 6.42 Å². The highest BCUT2D eigenvalue weighted by Gasteiger charge is 2.21. The van der Waals surface area contributed by atoms with Gasteiger partial charge in [0.25, 0.3) is 0 Å². The first kappa shape index (κ1) is 11.2. The van der Waals surface area contributed by atoms with Crippen molar-refractivity contribution in [3.63, 3.8) is 0 Å². The Morgan fingerprint density at radius 3 is 2.60 bits per heavy atom. The van der Waals surface area contributed by atoms with Gasteiger partial charge in [-0.05, 0) is 51.6 Å². The Labute approximate surface area is 116 Å². The average Bonchev–Trinajstić information content (AvgIpc) is 2.85. The summed E-state index contributed by atoms with van der Waals surface area (Å²) in [5.41, 5.74) is 5.10. The molecule has 20 heavy (non-hydrogen) atoms. The van der Waals surface area contributed by atoms with Gasteiger partial charge < -0.3 is 5.11 Å². The van der Waals surface area contributed by atoms with E-state index in [0.29, 0.717) is 5.56 Å². The molecule has 2 heteroatoms. The highest BCUT2D eigenvalue weighted by atomic mass is 16.4. The molecule has 1 N–H and O–H groups in total. The molecule has 0 saturated heterocycles. The van der Waals surface area contributed by atoms with Gasteiger partial charge in [0.15, 0.2) is 0 Å². The normalized spacial score (nSPS) is 12.2. The summed E-state index contributed by atoms with van der Waals surface area (Å²) in [5.74, 6) is -0.874. The van der Waals surface area contributed by atoms with Gasteiger partial charge in [-0.25, -0.2) is 4.79 Å². The molecule has 1 aliphatic rings. The number of carboxylic acid groups (broad SMARTS) is 1. The highest BCUT2D eigenvalue weighted by Crippen LogP contribution is 2.41. The molecule has 0 amide bonds. The Balaban J connectivity index is 2.07. The lowest BCUT2D eigenvalue weighted by Crippen LogP contribution is -1.96. The molecule has 3 aromatic rings. The van der Waals surface area contributed by atoms with E-state index in [-0.39, 0.29) is 0 Å². The lowest BCUT2D eigenvalue weighted by molar-refractivity contribution is 0.0697. The highest BCUT2D eigenvalue weighted by molar-refractivity contribution is 6.02. The van der Waals surface area contributed by atoms with Crippen molar-refractivity contribution < 1.29 is 9.90 Å². The van der Waals surface area contributed by atoms with Gasteiger partial charge in [-0.15, -0.1) is 0 Å². The van der Waals surface area contributed by atoms with Crippen LogP contribution in [0.3, 0.4) is 0 Å². The maximum absolute atomic E-state index is 11.2. The first-order chi connectivity index (χ1) is 9.74. The Morgan fingerprint density at radius 2 is 1.75 bits per heavy atom. The number of hydrogen-bond donors (Lipinski definition) is 1. The quantitative estimate of drug-likeness (QED) is 0.559. The van der Waals surface area contributed by atoms with Crippen LogP contribution in [0.2, 0.25) is 0 Å². The smallest absolute Gasteiger partial charge is 0.335 e. The fourth-order valence-electron chi connectivity index (χ4n) is 3.08. The van der Waals surface area contributed by atoms with Crippen LogP contribution in [0.4, 0.5) is 0 Å². The molecule has 0 unspecified atom stereocenters. The van der Waals surface area contributed by atoms with Crippen LogP contribution in [0, 0.1) is 0 Å². The zero-order chi connectivity index (χ0) is 13.7. The first-order valence-corrected chi connectivity index (χ1v) is 6.61. The molecule has 1 aliphatic carbocycles. The van der Waals surface area contributed by atoms with Crippen molar-refractivity contribution in [1.82, 2.24) is 0 Å². The zero-order valence-corrected chi connectivity index (χ0v) is 10.8. The van der Waals surface area contributed by atoms with Gasteiger partial charge >= 0.3 is 5.97 Å². The van der Waals surface area contributed by atoms with Gasteiger partial charge in [0.1, 0.15) is 0 Å². The minimum atomic E-state index is -0.874. The summed E-state index contributed by atoms with van der Waals surface area (Å²) in [7, 11) is 0. The van der Waals surface area contributed by atoms with E-state index >= 15 is 0 Å². The minimum Gasteiger partial charge on any atom is -0.478 e. The maximum atomic E-state index is 11.2. The molecular formula is C18H12O2. The summed E-state index contributed by atoms with van der Waals surface area (Å²) >= 11 is 0. The zero-order valence-electron chi connectivity index (χ0n) is 10.8. The predicted molar refractivity (Wildman–Crippen MR) is 79.1 cm³/mol. The molecule has 2 nitrogen and oxygen atoms in total. The molecule has 0 saturated carbocycles. The van der Waals surface area contributed by atoms with Crippen LogP contribution in [0.5, 0.6) is 0 Å². The average molecular weight is 260 g/mol. The molecule has 0 heterocycles. The molecule has 0 aromatic heterocycles. The van der Waals surface area contributed by atoms with Crippen molar-refractivity contribution in [3.8, 4) is 11.1 Å². The summed E-state index contributed by atoms with van der Waals surface area (Å²) in [4.78, 5) is 11.2. The van der Waals surface area contributed by atoms with Crippen molar-refractivity contribution in [1.29, 1.82) is 0 Å².